The molecule has 0 aromatic carbocycles. The molecule has 0 heterocycles. The second-order valence-corrected chi connectivity index (χ2v) is 0.175. The number of halogens is 2. The maximum atomic E-state index is 9.54. The van der Waals surface area contributed by atoms with Crippen LogP contribution >= 0.6 is 12.5 Å². The molecule has 0 aromatic rings. The summed E-state index contributed by atoms with van der Waals surface area (Å²) in [4.78, 5) is 0. The lowest BCUT2D eigenvalue weighted by atomic mass is 16.0. The normalized spacial score (nSPS) is 4.50. The van der Waals surface area contributed by atoms with Gasteiger partial charge in [0.25, 0.3) is 12.5 Å². The fraction of sp³-hybridized carbons (Fsp3) is 0. The van der Waals surface area contributed by atoms with Gasteiger partial charge in [-0.25, -0.2) is 0 Å². The maximum Gasteiger partial charge on any atom is 0.255 e. The van der Waals surface area contributed by atoms with Crippen molar-refractivity contribution in [1.29, 1.82) is 0 Å². The minimum atomic E-state index is -1.25. The Morgan fingerprint density at radius 2 is 1.25 bits per heavy atom. The highest BCUT2D eigenvalue weighted by molar-refractivity contribution is 7.89. The highest BCUT2D eigenvalue weighted by Crippen LogP contribution is 1.95. The van der Waals surface area contributed by atoms with Crippen molar-refractivity contribution in [1.82, 2.24) is 0 Å². The van der Waals surface area contributed by atoms with Gasteiger partial charge < -0.3 is 5.48 Å². The van der Waals surface area contributed by atoms with Crippen LogP contribution in [0.4, 0.5) is 7.77 Å². The summed E-state index contributed by atoms with van der Waals surface area (Å²) in [5.74, 6) is 0. The highest BCUT2D eigenvalue weighted by Gasteiger charge is 1.49. The Kier molecular flexibility index (Phi) is 24.3. The molecule has 0 bridgehead atoms. The molecule has 0 saturated carbocycles. The number of hydrogen-bond donors (Lipinski definition) is 0. The van der Waals surface area contributed by atoms with Crippen LogP contribution in [0, 0.1) is 0 Å². The summed E-state index contributed by atoms with van der Waals surface area (Å²) >= 11 is -1.25. The van der Waals surface area contributed by atoms with E-state index < -0.39 is 12.5 Å². The van der Waals surface area contributed by atoms with Gasteiger partial charge in [0.1, 0.15) is 0 Å². The zero-order chi connectivity index (χ0) is 2.71. The van der Waals surface area contributed by atoms with Gasteiger partial charge in [0.2, 0.25) is 0 Å². The molecule has 2 N–H and O–H groups in total. The van der Waals surface area contributed by atoms with Crippen molar-refractivity contribution >= 4 is 12.5 Å². The van der Waals surface area contributed by atoms with E-state index in [9.17, 15) is 7.77 Å². The van der Waals surface area contributed by atoms with Crippen LogP contribution < -0.4 is 0 Å². The zero-order valence-corrected chi connectivity index (χ0v) is 2.48. The predicted octanol–water partition coefficient (Wildman–Crippen LogP) is 0.664. The van der Waals surface area contributed by atoms with E-state index in [0.29, 0.717) is 0 Å². The summed E-state index contributed by atoms with van der Waals surface area (Å²) in [6, 6.07) is 0. The summed E-state index contributed by atoms with van der Waals surface area (Å²) in [5.41, 5.74) is 0. The number of hydrogen-bond acceptors (Lipinski definition) is 1. The van der Waals surface area contributed by atoms with E-state index in [1.165, 1.54) is 0 Å². The molecule has 0 spiro atoms. The maximum absolute atomic E-state index is 9.54. The average molecular weight is 88.1 g/mol. The lowest BCUT2D eigenvalue weighted by Gasteiger charge is -1.36. The molecule has 0 aliphatic heterocycles. The van der Waals surface area contributed by atoms with Crippen LogP contribution in [-0.4, -0.2) is 5.48 Å². The molecule has 0 aromatic heterocycles. The molecule has 0 fully saturated rings. The van der Waals surface area contributed by atoms with E-state index in [-0.39, 0.29) is 5.48 Å². The fourth-order valence-corrected chi connectivity index (χ4v) is 0. The van der Waals surface area contributed by atoms with E-state index in [2.05, 4.69) is 0 Å². The Bertz CT molecular complexity index is 6.00. The van der Waals surface area contributed by atoms with Gasteiger partial charge in [-0.2, -0.15) is 0 Å². The molecular weight excluding hydrogens is 86.1 g/mol. The molecule has 0 aliphatic carbocycles. The van der Waals surface area contributed by atoms with E-state index >= 15 is 0 Å². The molecule has 0 rings (SSSR count). The first-order valence-corrected chi connectivity index (χ1v) is 0.926. The van der Waals surface area contributed by atoms with Crippen molar-refractivity contribution < 1.29 is 13.2 Å². The van der Waals surface area contributed by atoms with Crippen LogP contribution in [0.2, 0.25) is 0 Å². The minimum absolute atomic E-state index is 0. The lowest BCUT2D eigenvalue weighted by Crippen LogP contribution is -0.884. The van der Waals surface area contributed by atoms with Crippen molar-refractivity contribution in [2.24, 2.45) is 0 Å². The van der Waals surface area contributed by atoms with Crippen molar-refractivity contribution in [3.05, 3.63) is 0 Å². The fourth-order valence-electron chi connectivity index (χ4n) is 0. The predicted molar refractivity (Wildman–Crippen MR) is 13.4 cm³/mol. The van der Waals surface area contributed by atoms with Crippen molar-refractivity contribution in [2.45, 2.75) is 0 Å². The topological polar surface area (TPSA) is 31.5 Å². The number of rotatable bonds is 0. The van der Waals surface area contributed by atoms with E-state index in [1.54, 1.807) is 0 Å². The molecule has 0 saturated heterocycles. The summed E-state index contributed by atoms with van der Waals surface area (Å²) in [6.07, 6.45) is 0. The Balaban J connectivity index is 0. The molecule has 0 aliphatic rings. The molecule has 0 unspecified atom stereocenters. The third-order valence-corrected chi connectivity index (χ3v) is 0. The summed E-state index contributed by atoms with van der Waals surface area (Å²) in [6.45, 7) is 0. The van der Waals surface area contributed by atoms with Gasteiger partial charge in [-0.3, -0.25) is 0 Å². The minimum Gasteiger partial charge on any atom is -0.412 e. The molecule has 4 heavy (non-hydrogen) atoms. The Morgan fingerprint density at radius 3 is 1.25 bits per heavy atom. The SMILES string of the molecule is FSF.O. The summed E-state index contributed by atoms with van der Waals surface area (Å²) in [7, 11) is 0. The van der Waals surface area contributed by atoms with E-state index in [4.69, 9.17) is 0 Å². The zero-order valence-electron chi connectivity index (χ0n) is 1.66. The monoisotopic (exact) mass is 88.0 g/mol. The lowest BCUT2D eigenvalue weighted by molar-refractivity contribution is 0.814. The Morgan fingerprint density at radius 1 is 1.25 bits per heavy atom. The van der Waals surface area contributed by atoms with E-state index in [1.807, 2.05) is 0 Å². The Hall–Kier alpha value is 0.170. The van der Waals surface area contributed by atoms with Crippen molar-refractivity contribution in [2.75, 3.05) is 0 Å². The molecular formula is H2F2OS. The average Bonchev–Trinajstić information content (AvgIpc) is 0.918. The third-order valence-electron chi connectivity index (χ3n) is 0. The Labute approximate surface area is 26.9 Å². The van der Waals surface area contributed by atoms with Gasteiger partial charge in [0.05, 0.1) is 0 Å². The highest BCUT2D eigenvalue weighted by atomic mass is 32.2. The second-order valence-electron chi connectivity index (χ2n) is 0.0583. The third kappa shape index (κ3) is 103. The van der Waals surface area contributed by atoms with Gasteiger partial charge in [0, 0.05) is 0 Å². The van der Waals surface area contributed by atoms with Crippen LogP contribution in [0.15, 0.2) is 0 Å². The van der Waals surface area contributed by atoms with Crippen LogP contribution in [0.5, 0.6) is 0 Å². The van der Waals surface area contributed by atoms with Crippen molar-refractivity contribution in [3.8, 4) is 0 Å². The van der Waals surface area contributed by atoms with Gasteiger partial charge in [-0.1, -0.05) is 0 Å². The molecule has 0 radical (unpaired) electrons. The van der Waals surface area contributed by atoms with E-state index in [0.717, 1.165) is 0 Å². The van der Waals surface area contributed by atoms with Gasteiger partial charge in [-0.05, 0) is 0 Å². The quantitative estimate of drug-likeness (QED) is 0.428. The first kappa shape index (κ1) is 8.90. The second kappa shape index (κ2) is 10.9. The van der Waals surface area contributed by atoms with Gasteiger partial charge in [0.15, 0.2) is 0 Å². The standard InChI is InChI=1S/F2S.H2O/c1-3-2;/h;1H2. The first-order valence-electron chi connectivity index (χ1n) is 0.309. The molecule has 0 atom stereocenters. The van der Waals surface area contributed by atoms with Gasteiger partial charge in [-0.15, -0.1) is 7.77 Å². The summed E-state index contributed by atoms with van der Waals surface area (Å²) in [5, 5.41) is 0. The van der Waals surface area contributed by atoms with Gasteiger partial charge >= 0.3 is 0 Å². The largest absolute Gasteiger partial charge is 0.412 e. The first-order chi connectivity index (χ1) is 1.41. The smallest absolute Gasteiger partial charge is 0.255 e. The molecule has 28 valence electrons. The summed E-state index contributed by atoms with van der Waals surface area (Å²) < 4.78 is 19.1. The van der Waals surface area contributed by atoms with Crippen molar-refractivity contribution in [3.63, 3.8) is 0 Å². The van der Waals surface area contributed by atoms with Crippen LogP contribution in [-0.2, 0) is 0 Å². The van der Waals surface area contributed by atoms with Crippen LogP contribution in [0.25, 0.3) is 0 Å². The molecule has 1 nitrogen and oxygen atoms in total. The molecule has 4 heteroatoms. The van der Waals surface area contributed by atoms with Crippen LogP contribution in [0.1, 0.15) is 0 Å². The van der Waals surface area contributed by atoms with Crippen LogP contribution in [0.3, 0.4) is 0 Å². The molecule has 0 amide bonds.